The topological polar surface area (TPSA) is 59.2 Å². The maximum atomic E-state index is 12.7. The number of fused-ring (bicyclic) bond motifs is 1. The van der Waals surface area contributed by atoms with E-state index in [0.29, 0.717) is 24.6 Å². The molecule has 0 saturated carbocycles. The Bertz CT molecular complexity index is 936. The summed E-state index contributed by atoms with van der Waals surface area (Å²) in [5.41, 5.74) is 3.13. The number of rotatable bonds is 4. The minimum absolute atomic E-state index is 0.0887. The summed E-state index contributed by atoms with van der Waals surface area (Å²) in [5, 5.41) is 4.02. The second-order valence-corrected chi connectivity index (χ2v) is 7.38. The molecule has 26 heavy (non-hydrogen) atoms. The van der Waals surface area contributed by atoms with Gasteiger partial charge in [0.25, 0.3) is 0 Å². The lowest BCUT2D eigenvalue weighted by Gasteiger charge is -2.22. The Morgan fingerprint density at radius 1 is 1.23 bits per heavy atom. The van der Waals surface area contributed by atoms with Gasteiger partial charge in [-0.3, -0.25) is 4.79 Å². The van der Waals surface area contributed by atoms with Crippen molar-refractivity contribution >= 4 is 27.5 Å². The molecule has 1 aliphatic rings. The molecule has 0 radical (unpaired) electrons. The first-order valence-corrected chi connectivity index (χ1v) is 9.39. The van der Waals surface area contributed by atoms with E-state index in [4.69, 9.17) is 4.52 Å². The predicted molar refractivity (Wildman–Crippen MR) is 103 cm³/mol. The monoisotopic (exact) mass is 411 g/mol. The van der Waals surface area contributed by atoms with Crippen LogP contribution in [0.25, 0.3) is 11.4 Å². The Kier molecular flexibility index (Phi) is 4.59. The maximum absolute atomic E-state index is 12.7. The van der Waals surface area contributed by atoms with Crippen LogP contribution in [0.4, 0.5) is 5.69 Å². The number of amides is 1. The van der Waals surface area contributed by atoms with Crippen molar-refractivity contribution in [2.24, 2.45) is 0 Å². The van der Waals surface area contributed by atoms with Crippen molar-refractivity contribution in [3.63, 3.8) is 0 Å². The second kappa shape index (κ2) is 7.03. The molecule has 1 aliphatic heterocycles. The zero-order chi connectivity index (χ0) is 18.1. The number of anilines is 1. The first-order chi connectivity index (χ1) is 12.6. The molecule has 3 aromatic rings. The molecule has 1 amide bonds. The van der Waals surface area contributed by atoms with E-state index >= 15 is 0 Å². The van der Waals surface area contributed by atoms with E-state index in [1.54, 1.807) is 0 Å². The Morgan fingerprint density at radius 3 is 2.81 bits per heavy atom. The molecule has 0 unspecified atom stereocenters. The van der Waals surface area contributed by atoms with Gasteiger partial charge in [-0.2, -0.15) is 4.98 Å². The minimum atomic E-state index is 0.0887. The van der Waals surface area contributed by atoms with Gasteiger partial charge < -0.3 is 9.42 Å². The van der Waals surface area contributed by atoms with E-state index in [0.717, 1.165) is 22.1 Å². The number of carbonyl (C=O) groups is 1. The van der Waals surface area contributed by atoms with E-state index in [2.05, 4.69) is 39.1 Å². The number of hydrogen-bond acceptors (Lipinski definition) is 4. The van der Waals surface area contributed by atoms with E-state index in [1.807, 2.05) is 47.4 Å². The third kappa shape index (κ3) is 3.29. The normalized spacial score (nSPS) is 15.9. The predicted octanol–water partition coefficient (Wildman–Crippen LogP) is 4.41. The first-order valence-electron chi connectivity index (χ1n) is 8.60. The molecular weight excluding hydrogens is 394 g/mol. The average molecular weight is 412 g/mol. The van der Waals surface area contributed by atoms with Crippen molar-refractivity contribution in [2.45, 2.75) is 32.2 Å². The van der Waals surface area contributed by atoms with Crippen molar-refractivity contribution in [1.29, 1.82) is 0 Å². The second-order valence-electron chi connectivity index (χ2n) is 6.46. The highest BCUT2D eigenvalue weighted by Gasteiger charge is 2.30. The Balaban J connectivity index is 1.43. The van der Waals surface area contributed by atoms with E-state index in [-0.39, 0.29) is 11.9 Å². The summed E-state index contributed by atoms with van der Waals surface area (Å²) in [5.74, 6) is 1.11. The Hall–Kier alpha value is -2.47. The SMILES string of the molecule is C[C@@H]1Cc2ccccc2N1C(=O)CCc1nc(-c2ccc(Br)cc2)no1. The molecular formula is C20H18BrN3O2. The third-order valence-electron chi connectivity index (χ3n) is 4.60. The fourth-order valence-electron chi connectivity index (χ4n) is 3.35. The van der Waals surface area contributed by atoms with Gasteiger partial charge in [0.2, 0.25) is 17.6 Å². The number of aromatic nitrogens is 2. The van der Waals surface area contributed by atoms with Gasteiger partial charge in [-0.15, -0.1) is 0 Å². The average Bonchev–Trinajstić information content (AvgIpc) is 3.24. The number of benzene rings is 2. The van der Waals surface area contributed by atoms with Gasteiger partial charge in [0.05, 0.1) is 0 Å². The summed E-state index contributed by atoms with van der Waals surface area (Å²) in [6, 6.07) is 16.0. The summed E-state index contributed by atoms with van der Waals surface area (Å²) >= 11 is 3.41. The molecule has 1 aromatic heterocycles. The summed E-state index contributed by atoms with van der Waals surface area (Å²) in [6.45, 7) is 2.08. The van der Waals surface area contributed by atoms with E-state index < -0.39 is 0 Å². The standard InChI is InChI=1S/C20H18BrN3O2/c1-13-12-15-4-2-3-5-17(15)24(13)19(25)11-10-18-22-20(23-26-18)14-6-8-16(21)9-7-14/h2-9,13H,10-12H2,1H3/t13-/m1/s1. The van der Waals surface area contributed by atoms with Gasteiger partial charge in [-0.25, -0.2) is 0 Å². The highest BCUT2D eigenvalue weighted by molar-refractivity contribution is 9.10. The Morgan fingerprint density at radius 2 is 2.00 bits per heavy atom. The molecule has 6 heteroatoms. The fraction of sp³-hybridized carbons (Fsp3) is 0.250. The van der Waals surface area contributed by atoms with Crippen molar-refractivity contribution in [1.82, 2.24) is 10.1 Å². The van der Waals surface area contributed by atoms with Crippen LogP contribution in [0.1, 0.15) is 24.8 Å². The number of carbonyl (C=O) groups excluding carboxylic acids is 1. The van der Waals surface area contributed by atoms with Crippen molar-refractivity contribution in [3.8, 4) is 11.4 Å². The number of para-hydroxylation sites is 1. The molecule has 4 rings (SSSR count). The van der Waals surface area contributed by atoms with Crippen LogP contribution < -0.4 is 4.90 Å². The van der Waals surface area contributed by atoms with Crippen molar-refractivity contribution in [2.75, 3.05) is 4.90 Å². The maximum Gasteiger partial charge on any atom is 0.227 e. The summed E-state index contributed by atoms with van der Waals surface area (Å²) in [4.78, 5) is 19.0. The zero-order valence-electron chi connectivity index (χ0n) is 14.4. The minimum Gasteiger partial charge on any atom is -0.339 e. The number of halogens is 1. The van der Waals surface area contributed by atoms with Gasteiger partial charge >= 0.3 is 0 Å². The van der Waals surface area contributed by atoms with E-state index in [9.17, 15) is 4.79 Å². The van der Waals surface area contributed by atoms with Crippen LogP contribution in [-0.2, 0) is 17.6 Å². The molecule has 2 heterocycles. The highest BCUT2D eigenvalue weighted by atomic mass is 79.9. The van der Waals surface area contributed by atoms with Gasteiger partial charge in [0.1, 0.15) is 0 Å². The smallest absolute Gasteiger partial charge is 0.227 e. The molecule has 0 aliphatic carbocycles. The molecule has 1 atom stereocenters. The number of hydrogen-bond donors (Lipinski definition) is 0. The number of aryl methyl sites for hydroxylation is 1. The van der Waals surface area contributed by atoms with Gasteiger partial charge in [0.15, 0.2) is 0 Å². The first kappa shape index (κ1) is 17.0. The molecule has 0 fully saturated rings. The van der Waals surface area contributed by atoms with Crippen LogP contribution in [-0.4, -0.2) is 22.1 Å². The molecule has 0 spiro atoms. The molecule has 0 bridgehead atoms. The van der Waals surface area contributed by atoms with Crippen LogP contribution in [0.2, 0.25) is 0 Å². The third-order valence-corrected chi connectivity index (χ3v) is 5.13. The van der Waals surface area contributed by atoms with E-state index in [1.165, 1.54) is 5.56 Å². The Labute approximate surface area is 160 Å². The van der Waals surface area contributed by atoms with Gasteiger partial charge in [0, 0.05) is 34.6 Å². The van der Waals surface area contributed by atoms with Crippen LogP contribution >= 0.6 is 15.9 Å². The van der Waals surface area contributed by atoms with Gasteiger partial charge in [-0.1, -0.05) is 39.3 Å². The number of nitrogens with zero attached hydrogens (tertiary/aromatic N) is 3. The lowest BCUT2D eigenvalue weighted by atomic mass is 10.1. The van der Waals surface area contributed by atoms with Crippen LogP contribution in [0.5, 0.6) is 0 Å². The fourth-order valence-corrected chi connectivity index (χ4v) is 3.62. The molecule has 5 nitrogen and oxygen atoms in total. The summed E-state index contributed by atoms with van der Waals surface area (Å²) in [7, 11) is 0. The highest BCUT2D eigenvalue weighted by Crippen LogP contribution is 2.32. The van der Waals surface area contributed by atoms with Crippen LogP contribution in [0.15, 0.2) is 57.5 Å². The van der Waals surface area contributed by atoms with Crippen LogP contribution in [0.3, 0.4) is 0 Å². The zero-order valence-corrected chi connectivity index (χ0v) is 15.9. The molecule has 0 saturated heterocycles. The lowest BCUT2D eigenvalue weighted by Crippen LogP contribution is -2.35. The molecule has 2 aromatic carbocycles. The van der Waals surface area contributed by atoms with Crippen molar-refractivity contribution in [3.05, 3.63) is 64.5 Å². The molecule has 0 N–H and O–H groups in total. The van der Waals surface area contributed by atoms with Gasteiger partial charge in [-0.05, 0) is 49.2 Å². The molecule has 132 valence electrons. The lowest BCUT2D eigenvalue weighted by molar-refractivity contribution is -0.118. The van der Waals surface area contributed by atoms with Crippen molar-refractivity contribution < 1.29 is 9.32 Å². The summed E-state index contributed by atoms with van der Waals surface area (Å²) < 4.78 is 6.31. The quantitative estimate of drug-likeness (QED) is 0.637. The largest absolute Gasteiger partial charge is 0.339 e. The van der Waals surface area contributed by atoms with Crippen LogP contribution in [0, 0.1) is 0 Å². The summed E-state index contributed by atoms with van der Waals surface area (Å²) in [6.07, 6.45) is 1.69.